The van der Waals surface area contributed by atoms with Crippen LogP contribution in [0.15, 0.2) is 12.7 Å². The van der Waals surface area contributed by atoms with Gasteiger partial charge in [0.25, 0.3) is 0 Å². The summed E-state index contributed by atoms with van der Waals surface area (Å²) in [6.07, 6.45) is 1.86. The van der Waals surface area contributed by atoms with Crippen LogP contribution in [0.5, 0.6) is 0 Å². The zero-order valence-electron chi connectivity index (χ0n) is 10.4. The minimum atomic E-state index is -5.37. The van der Waals surface area contributed by atoms with E-state index in [0.717, 1.165) is 6.08 Å². The molecule has 0 saturated heterocycles. The minimum Gasteiger partial charge on any atom is -0.459 e. The summed E-state index contributed by atoms with van der Waals surface area (Å²) in [4.78, 5) is 11.1. The molecule has 2 fully saturated rings. The first kappa shape index (κ1) is 15.3. The van der Waals surface area contributed by atoms with Crippen molar-refractivity contribution in [1.29, 1.82) is 0 Å². The van der Waals surface area contributed by atoms with Crippen molar-refractivity contribution in [3.05, 3.63) is 12.7 Å². The van der Waals surface area contributed by atoms with Crippen LogP contribution >= 0.6 is 0 Å². The Labute approximate surface area is 114 Å². The van der Waals surface area contributed by atoms with E-state index in [1.165, 1.54) is 0 Å². The second-order valence-electron chi connectivity index (χ2n) is 5.09. The number of ether oxygens (including phenoxy) is 1. The molecule has 0 aromatic carbocycles. The molecule has 2 aliphatic carbocycles. The first-order valence-electron chi connectivity index (χ1n) is 6.05. The summed E-state index contributed by atoms with van der Waals surface area (Å²) in [7, 11) is -5.37. The fourth-order valence-electron chi connectivity index (χ4n) is 3.02. The molecule has 0 heterocycles. The van der Waals surface area contributed by atoms with Crippen molar-refractivity contribution in [3.63, 3.8) is 0 Å². The van der Waals surface area contributed by atoms with Gasteiger partial charge in [0.2, 0.25) is 0 Å². The van der Waals surface area contributed by atoms with Gasteiger partial charge in [-0.05, 0) is 25.2 Å². The van der Waals surface area contributed by atoms with E-state index >= 15 is 0 Å². The lowest BCUT2D eigenvalue weighted by Gasteiger charge is -2.29. The first-order valence-corrected chi connectivity index (χ1v) is 7.54. The molecule has 0 spiro atoms. The third-order valence-corrected chi connectivity index (χ3v) is 5.02. The Bertz CT molecular complexity index is 516. The maximum absolute atomic E-state index is 12.3. The van der Waals surface area contributed by atoms with E-state index in [-0.39, 0.29) is 5.92 Å². The topological polar surface area (TPSA) is 72.5 Å². The average Bonchev–Trinajstić information content (AvgIpc) is 2.85. The molecule has 2 rings (SSSR count). The third kappa shape index (κ3) is 2.83. The van der Waals surface area contributed by atoms with Gasteiger partial charge in [0.05, 0.1) is 0 Å². The highest BCUT2D eigenvalue weighted by atomic mass is 32.2. The summed E-state index contributed by atoms with van der Waals surface area (Å²) in [5, 5.41) is 0. The smallest absolute Gasteiger partial charge is 0.459 e. The van der Waals surface area contributed by atoms with Gasteiger partial charge in [-0.3, -0.25) is 0 Å². The molecule has 114 valence electrons. The fourth-order valence-corrected chi connectivity index (χ4v) is 3.82. The molecule has 4 unspecified atom stereocenters. The lowest BCUT2D eigenvalue weighted by molar-refractivity contribution is -0.145. The van der Waals surface area contributed by atoms with Gasteiger partial charge in [0, 0.05) is 18.0 Å². The number of hydrogen-bond donors (Lipinski definition) is 1. The van der Waals surface area contributed by atoms with Crippen LogP contribution in [0.4, 0.5) is 13.2 Å². The number of halogens is 3. The second kappa shape index (κ2) is 5.03. The molecule has 2 bridgehead atoms. The van der Waals surface area contributed by atoms with Crippen molar-refractivity contribution in [2.75, 3.05) is 0 Å². The van der Waals surface area contributed by atoms with E-state index < -0.39 is 39.6 Å². The van der Waals surface area contributed by atoms with Gasteiger partial charge in [-0.25, -0.2) is 17.9 Å². The number of rotatable bonds is 4. The monoisotopic (exact) mass is 313 g/mol. The van der Waals surface area contributed by atoms with Crippen LogP contribution in [0.3, 0.4) is 0 Å². The van der Waals surface area contributed by atoms with Crippen molar-refractivity contribution in [1.82, 2.24) is 4.72 Å². The van der Waals surface area contributed by atoms with Crippen molar-refractivity contribution >= 4 is 16.0 Å². The zero-order chi connectivity index (χ0) is 15.1. The highest BCUT2D eigenvalue weighted by Crippen LogP contribution is 2.46. The summed E-state index contributed by atoms with van der Waals surface area (Å²) in [5.41, 5.74) is -5.33. The first-order chi connectivity index (χ1) is 9.14. The third-order valence-electron chi connectivity index (χ3n) is 3.80. The van der Waals surface area contributed by atoms with E-state index in [2.05, 4.69) is 6.58 Å². The minimum absolute atomic E-state index is 0.0727. The molecular weight excluding hydrogens is 299 g/mol. The van der Waals surface area contributed by atoms with E-state index in [1.807, 2.05) is 0 Å². The number of fused-ring (bicyclic) bond motifs is 2. The maximum Gasteiger partial charge on any atom is 0.511 e. The molecule has 0 aromatic heterocycles. The molecule has 0 radical (unpaired) electrons. The summed E-state index contributed by atoms with van der Waals surface area (Å²) in [6.45, 7) is 3.24. The van der Waals surface area contributed by atoms with Gasteiger partial charge in [0.1, 0.15) is 6.10 Å². The fraction of sp³-hybridized carbons (Fsp3) is 0.727. The van der Waals surface area contributed by atoms with Crippen molar-refractivity contribution in [3.8, 4) is 0 Å². The Morgan fingerprint density at radius 1 is 1.30 bits per heavy atom. The van der Waals surface area contributed by atoms with Gasteiger partial charge in [-0.15, -0.1) is 0 Å². The number of nitrogens with one attached hydrogen (secondary N) is 1. The number of esters is 1. The molecule has 0 aromatic rings. The summed E-state index contributed by atoms with van der Waals surface area (Å²) >= 11 is 0. The molecule has 0 aliphatic heterocycles. The van der Waals surface area contributed by atoms with Crippen LogP contribution < -0.4 is 4.72 Å². The molecular formula is C11H14F3NO4S. The number of carbonyl (C=O) groups excluding carboxylic acids is 1. The maximum atomic E-state index is 12.3. The number of sulfonamides is 1. The van der Waals surface area contributed by atoms with Crippen LogP contribution in [0.2, 0.25) is 0 Å². The predicted octanol–water partition coefficient (Wildman–Crippen LogP) is 1.32. The molecule has 4 atom stereocenters. The quantitative estimate of drug-likeness (QED) is 0.627. The summed E-state index contributed by atoms with van der Waals surface area (Å²) in [5.74, 6) is -0.996. The number of hydrogen-bond acceptors (Lipinski definition) is 4. The molecule has 5 nitrogen and oxygen atoms in total. The number of alkyl halides is 3. The molecule has 2 saturated carbocycles. The van der Waals surface area contributed by atoms with Crippen LogP contribution in [-0.2, 0) is 19.6 Å². The van der Waals surface area contributed by atoms with E-state index in [1.54, 1.807) is 4.72 Å². The molecule has 20 heavy (non-hydrogen) atoms. The van der Waals surface area contributed by atoms with Gasteiger partial charge >= 0.3 is 21.5 Å². The normalized spacial score (nSPS) is 33.1. The number of carbonyl (C=O) groups is 1. The van der Waals surface area contributed by atoms with Crippen LogP contribution in [0.1, 0.15) is 19.3 Å². The summed E-state index contributed by atoms with van der Waals surface area (Å²) in [6, 6.07) is -0.844. The van der Waals surface area contributed by atoms with Gasteiger partial charge < -0.3 is 4.74 Å². The lowest BCUT2D eigenvalue weighted by Crippen LogP contribution is -2.48. The standard InChI is InChI=1S/C11H14F3NO4S/c1-2-10(16)19-9-5-6-3-7(9)8(4-6)15-20(17,18)11(12,13)14/h2,6-9,15H,1,3-5H2. The summed E-state index contributed by atoms with van der Waals surface area (Å²) < 4.78 is 66.0. The van der Waals surface area contributed by atoms with Crippen molar-refractivity contribution in [2.45, 2.75) is 36.9 Å². The van der Waals surface area contributed by atoms with E-state index in [9.17, 15) is 26.4 Å². The Morgan fingerprint density at radius 2 is 1.95 bits per heavy atom. The van der Waals surface area contributed by atoms with Crippen LogP contribution in [0.25, 0.3) is 0 Å². The Morgan fingerprint density at radius 3 is 2.45 bits per heavy atom. The highest BCUT2D eigenvalue weighted by molar-refractivity contribution is 7.90. The van der Waals surface area contributed by atoms with Crippen LogP contribution in [-0.4, -0.2) is 32.0 Å². The van der Waals surface area contributed by atoms with Gasteiger partial charge in [-0.2, -0.15) is 13.2 Å². The van der Waals surface area contributed by atoms with Crippen molar-refractivity contribution in [2.24, 2.45) is 11.8 Å². The van der Waals surface area contributed by atoms with Gasteiger partial charge in [0.15, 0.2) is 0 Å². The molecule has 2 aliphatic rings. The Hall–Kier alpha value is -1.09. The zero-order valence-corrected chi connectivity index (χ0v) is 11.2. The molecule has 0 amide bonds. The van der Waals surface area contributed by atoms with Gasteiger partial charge in [-0.1, -0.05) is 6.58 Å². The Kier molecular flexibility index (Phi) is 3.85. The predicted molar refractivity (Wildman–Crippen MR) is 62.8 cm³/mol. The van der Waals surface area contributed by atoms with E-state index in [0.29, 0.717) is 19.3 Å². The second-order valence-corrected chi connectivity index (χ2v) is 6.80. The highest BCUT2D eigenvalue weighted by Gasteiger charge is 2.53. The molecule has 1 N–H and O–H groups in total. The average molecular weight is 313 g/mol. The van der Waals surface area contributed by atoms with Crippen molar-refractivity contribution < 1.29 is 31.1 Å². The molecule has 9 heteroatoms. The van der Waals surface area contributed by atoms with Crippen LogP contribution in [0, 0.1) is 11.8 Å². The Balaban J connectivity index is 2.05. The SMILES string of the molecule is C=CC(=O)OC1CC2CC(NS(=O)(=O)C(F)(F)F)C1C2. The van der Waals surface area contributed by atoms with E-state index in [4.69, 9.17) is 4.74 Å². The lowest BCUT2D eigenvalue weighted by atomic mass is 9.93. The largest absolute Gasteiger partial charge is 0.511 e.